The summed E-state index contributed by atoms with van der Waals surface area (Å²) < 4.78 is 26.4. The van der Waals surface area contributed by atoms with Crippen molar-refractivity contribution < 1.29 is 13.5 Å². The molecule has 1 aliphatic carbocycles. The summed E-state index contributed by atoms with van der Waals surface area (Å²) in [5.74, 6) is -0.0461. The molecule has 0 aromatic heterocycles. The maximum Gasteiger partial charge on any atom is 0.244 e. The van der Waals surface area contributed by atoms with Gasteiger partial charge in [-0.25, -0.2) is 8.42 Å². The highest BCUT2D eigenvalue weighted by Gasteiger charge is 2.42. The third kappa shape index (κ3) is 2.65. The zero-order valence-corrected chi connectivity index (χ0v) is 13.3. The van der Waals surface area contributed by atoms with Crippen LogP contribution in [0.25, 0.3) is 0 Å². The summed E-state index contributed by atoms with van der Waals surface area (Å²) in [5.41, 5.74) is 6.36. The van der Waals surface area contributed by atoms with Crippen molar-refractivity contribution in [2.45, 2.75) is 37.1 Å². The molecule has 0 aliphatic heterocycles. The summed E-state index contributed by atoms with van der Waals surface area (Å²) in [4.78, 5) is -0.0472. The number of phenols is 1. The predicted molar refractivity (Wildman–Crippen MR) is 78.6 cm³/mol. The quantitative estimate of drug-likeness (QED) is 0.886. The molecule has 20 heavy (non-hydrogen) atoms. The number of nitrogens with two attached hydrogens (primary N) is 1. The van der Waals surface area contributed by atoms with Crippen LogP contribution < -0.4 is 5.73 Å². The molecule has 5 nitrogen and oxygen atoms in total. The first-order chi connectivity index (χ1) is 9.08. The molecule has 0 radical (unpaired) electrons. The van der Waals surface area contributed by atoms with Crippen LogP contribution in [0.2, 0.25) is 5.02 Å². The van der Waals surface area contributed by atoms with Gasteiger partial charge in [0.1, 0.15) is 10.6 Å². The number of phenolic OH excluding ortho intramolecular Hbond substituents is 1. The van der Waals surface area contributed by atoms with Gasteiger partial charge in [-0.05, 0) is 38.3 Å². The lowest BCUT2D eigenvalue weighted by Gasteiger charge is -2.23. The second kappa shape index (κ2) is 4.87. The SMILES string of the molecule is Cc1cc(Cl)c(S(=O)(=O)N(C)CC2(N)CC2)c(C)c1O. The highest BCUT2D eigenvalue weighted by atomic mass is 35.5. The van der Waals surface area contributed by atoms with Crippen molar-refractivity contribution in [1.82, 2.24) is 4.31 Å². The van der Waals surface area contributed by atoms with Crippen molar-refractivity contribution in [3.63, 3.8) is 0 Å². The van der Waals surface area contributed by atoms with E-state index in [0.29, 0.717) is 5.56 Å². The van der Waals surface area contributed by atoms with E-state index in [0.717, 1.165) is 12.8 Å². The van der Waals surface area contributed by atoms with Crippen molar-refractivity contribution >= 4 is 21.6 Å². The van der Waals surface area contributed by atoms with Crippen LogP contribution in [0.15, 0.2) is 11.0 Å². The Morgan fingerprint density at radius 3 is 2.50 bits per heavy atom. The predicted octanol–water partition coefficient (Wildman–Crippen LogP) is 1.77. The lowest BCUT2D eigenvalue weighted by Crippen LogP contribution is -2.40. The monoisotopic (exact) mass is 318 g/mol. The van der Waals surface area contributed by atoms with Crippen molar-refractivity contribution in [2.75, 3.05) is 13.6 Å². The Balaban J connectivity index is 2.46. The van der Waals surface area contributed by atoms with E-state index in [2.05, 4.69) is 0 Å². The minimum absolute atomic E-state index is 0.0461. The molecule has 0 atom stereocenters. The normalized spacial score (nSPS) is 17.5. The fourth-order valence-electron chi connectivity index (χ4n) is 2.23. The highest BCUT2D eigenvalue weighted by Crippen LogP contribution is 2.38. The summed E-state index contributed by atoms with van der Waals surface area (Å²) >= 11 is 6.07. The van der Waals surface area contributed by atoms with E-state index in [-0.39, 0.29) is 27.8 Å². The molecule has 0 amide bonds. The second-order valence-corrected chi connectivity index (χ2v) is 7.99. The number of hydrogen-bond acceptors (Lipinski definition) is 4. The molecule has 1 aromatic rings. The van der Waals surface area contributed by atoms with Gasteiger partial charge in [0.15, 0.2) is 0 Å². The van der Waals surface area contributed by atoms with Gasteiger partial charge in [-0.15, -0.1) is 0 Å². The molecule has 0 unspecified atom stereocenters. The molecule has 0 spiro atoms. The standard InChI is InChI=1S/C13H19ClN2O3S/c1-8-6-10(14)12(9(2)11(8)17)20(18,19)16(3)7-13(15)4-5-13/h6,17H,4-5,7,15H2,1-3H3. The molecule has 1 fully saturated rings. The molecule has 0 saturated heterocycles. The first-order valence-corrected chi connectivity index (χ1v) is 8.14. The van der Waals surface area contributed by atoms with Gasteiger partial charge in [-0.1, -0.05) is 11.6 Å². The Morgan fingerprint density at radius 1 is 1.45 bits per heavy atom. The molecule has 0 heterocycles. The number of benzene rings is 1. The van der Waals surface area contributed by atoms with E-state index in [1.807, 2.05) is 0 Å². The zero-order valence-electron chi connectivity index (χ0n) is 11.8. The molecule has 7 heteroatoms. The van der Waals surface area contributed by atoms with Crippen LogP contribution in [-0.4, -0.2) is 37.0 Å². The largest absolute Gasteiger partial charge is 0.507 e. The number of likely N-dealkylation sites (N-methyl/N-ethyl adjacent to an activating group) is 1. The summed E-state index contributed by atoms with van der Waals surface area (Å²) in [6.07, 6.45) is 1.64. The van der Waals surface area contributed by atoms with E-state index < -0.39 is 15.6 Å². The smallest absolute Gasteiger partial charge is 0.244 e. The van der Waals surface area contributed by atoms with Crippen molar-refractivity contribution in [2.24, 2.45) is 5.73 Å². The third-order valence-electron chi connectivity index (χ3n) is 3.73. The molecule has 1 aliphatic rings. The fraction of sp³-hybridized carbons (Fsp3) is 0.538. The van der Waals surface area contributed by atoms with Gasteiger partial charge in [0.25, 0.3) is 0 Å². The van der Waals surface area contributed by atoms with Gasteiger partial charge in [0, 0.05) is 24.7 Å². The molecule has 0 bridgehead atoms. The Hall–Kier alpha value is -0.820. The van der Waals surface area contributed by atoms with Gasteiger partial charge >= 0.3 is 0 Å². The van der Waals surface area contributed by atoms with Crippen LogP contribution in [-0.2, 0) is 10.0 Å². The lowest BCUT2D eigenvalue weighted by molar-refractivity contribution is 0.424. The Kier molecular flexibility index (Phi) is 3.79. The van der Waals surface area contributed by atoms with Gasteiger partial charge in [-0.3, -0.25) is 0 Å². The van der Waals surface area contributed by atoms with E-state index in [1.165, 1.54) is 17.4 Å². The van der Waals surface area contributed by atoms with Crippen LogP contribution in [0.4, 0.5) is 0 Å². The molecular weight excluding hydrogens is 300 g/mol. The zero-order chi connectivity index (χ0) is 15.3. The maximum absolute atomic E-state index is 12.6. The van der Waals surface area contributed by atoms with Crippen LogP contribution in [0.1, 0.15) is 24.0 Å². The Bertz CT molecular complexity index is 654. The maximum atomic E-state index is 12.6. The number of sulfonamides is 1. The van der Waals surface area contributed by atoms with E-state index in [4.69, 9.17) is 17.3 Å². The average Bonchev–Trinajstić information content (AvgIpc) is 3.03. The minimum Gasteiger partial charge on any atom is -0.507 e. The van der Waals surface area contributed by atoms with Crippen LogP contribution in [0.5, 0.6) is 5.75 Å². The summed E-state index contributed by atoms with van der Waals surface area (Å²) in [5, 5.41) is 10.1. The number of aryl methyl sites for hydroxylation is 1. The summed E-state index contributed by atoms with van der Waals surface area (Å²) in [7, 11) is -2.29. The number of aromatic hydroxyl groups is 1. The summed E-state index contributed by atoms with van der Waals surface area (Å²) in [6.45, 7) is 3.47. The second-order valence-electron chi connectivity index (χ2n) is 5.60. The molecule has 112 valence electrons. The van der Waals surface area contributed by atoms with Crippen molar-refractivity contribution in [3.8, 4) is 5.75 Å². The number of hydrogen-bond donors (Lipinski definition) is 2. The first-order valence-electron chi connectivity index (χ1n) is 6.32. The Labute approximate surface area is 124 Å². The minimum atomic E-state index is -3.77. The Morgan fingerprint density at radius 2 is 2.00 bits per heavy atom. The number of nitrogens with zero attached hydrogens (tertiary/aromatic N) is 1. The van der Waals surface area contributed by atoms with Crippen LogP contribution in [0.3, 0.4) is 0 Å². The van der Waals surface area contributed by atoms with Crippen LogP contribution >= 0.6 is 11.6 Å². The van der Waals surface area contributed by atoms with E-state index in [9.17, 15) is 13.5 Å². The van der Waals surface area contributed by atoms with Crippen molar-refractivity contribution in [1.29, 1.82) is 0 Å². The molecule has 3 N–H and O–H groups in total. The van der Waals surface area contributed by atoms with Gasteiger partial charge < -0.3 is 10.8 Å². The molecule has 1 aromatic carbocycles. The highest BCUT2D eigenvalue weighted by molar-refractivity contribution is 7.89. The summed E-state index contributed by atoms with van der Waals surface area (Å²) in [6, 6.07) is 1.46. The van der Waals surface area contributed by atoms with Gasteiger partial charge in [-0.2, -0.15) is 4.31 Å². The first kappa shape index (κ1) is 15.6. The van der Waals surface area contributed by atoms with Crippen molar-refractivity contribution in [3.05, 3.63) is 22.2 Å². The fourth-order valence-corrected chi connectivity index (χ4v) is 4.35. The molecule has 2 rings (SSSR count). The topological polar surface area (TPSA) is 83.6 Å². The van der Waals surface area contributed by atoms with Crippen LogP contribution in [0, 0.1) is 13.8 Å². The van der Waals surface area contributed by atoms with Gasteiger partial charge in [0.2, 0.25) is 10.0 Å². The molecule has 1 saturated carbocycles. The third-order valence-corrected chi connectivity index (χ3v) is 6.13. The number of rotatable bonds is 4. The lowest BCUT2D eigenvalue weighted by atomic mass is 10.1. The van der Waals surface area contributed by atoms with E-state index in [1.54, 1.807) is 13.8 Å². The van der Waals surface area contributed by atoms with E-state index >= 15 is 0 Å². The van der Waals surface area contributed by atoms with Gasteiger partial charge in [0.05, 0.1) is 5.02 Å². The number of halogens is 1. The average molecular weight is 319 g/mol. The molecular formula is C13H19ClN2O3S.